The molecule has 1 fully saturated rings. The number of piperidine rings is 1. The number of aldehydes is 1. The highest BCUT2D eigenvalue weighted by Gasteiger charge is 2.27. The minimum absolute atomic E-state index is 0.129. The Morgan fingerprint density at radius 2 is 2.28 bits per heavy atom. The van der Waals surface area contributed by atoms with Crippen LogP contribution < -0.4 is 4.90 Å². The molecule has 1 heterocycles. The van der Waals surface area contributed by atoms with Gasteiger partial charge in [0.2, 0.25) is 0 Å². The van der Waals surface area contributed by atoms with Gasteiger partial charge in [-0.05, 0) is 30.5 Å². The van der Waals surface area contributed by atoms with Gasteiger partial charge in [0, 0.05) is 25.8 Å². The fraction of sp³-hybridized carbons (Fsp3) is 0.500. The van der Waals surface area contributed by atoms with Gasteiger partial charge in [-0.2, -0.15) is 0 Å². The molecule has 0 amide bonds. The van der Waals surface area contributed by atoms with Crippen molar-refractivity contribution in [2.45, 2.75) is 19.4 Å². The van der Waals surface area contributed by atoms with Crippen LogP contribution in [0.3, 0.4) is 0 Å². The number of carbonyl (C=O) groups excluding carboxylic acids is 1. The standard InChI is InChI=1S/C14H18FNO2/c1-10-5-6-16(8-14(10)18-2)13-4-3-11(9-17)7-12(13)15/h3-4,7,9-10,14H,5-6,8H2,1-2H3. The molecule has 0 aromatic heterocycles. The van der Waals surface area contributed by atoms with Crippen LogP contribution in [-0.2, 0) is 4.74 Å². The Labute approximate surface area is 107 Å². The lowest BCUT2D eigenvalue weighted by Gasteiger charge is -2.37. The first-order chi connectivity index (χ1) is 8.65. The summed E-state index contributed by atoms with van der Waals surface area (Å²) in [6.45, 7) is 3.66. The number of hydrogen-bond donors (Lipinski definition) is 0. The number of methoxy groups -OCH3 is 1. The number of hydrogen-bond acceptors (Lipinski definition) is 3. The first-order valence-corrected chi connectivity index (χ1v) is 6.18. The van der Waals surface area contributed by atoms with Crippen LogP contribution in [0.1, 0.15) is 23.7 Å². The fourth-order valence-corrected chi connectivity index (χ4v) is 2.41. The summed E-state index contributed by atoms with van der Waals surface area (Å²) in [5, 5.41) is 0. The van der Waals surface area contributed by atoms with E-state index in [4.69, 9.17) is 4.74 Å². The molecule has 2 atom stereocenters. The van der Waals surface area contributed by atoms with Crippen molar-refractivity contribution in [3.8, 4) is 0 Å². The van der Waals surface area contributed by atoms with Crippen LogP contribution in [-0.4, -0.2) is 32.6 Å². The van der Waals surface area contributed by atoms with Crippen LogP contribution in [0.4, 0.5) is 10.1 Å². The summed E-state index contributed by atoms with van der Waals surface area (Å²) in [4.78, 5) is 12.6. The molecule has 18 heavy (non-hydrogen) atoms. The maximum Gasteiger partial charge on any atom is 0.150 e. The number of benzene rings is 1. The van der Waals surface area contributed by atoms with Gasteiger partial charge in [-0.15, -0.1) is 0 Å². The molecule has 1 aromatic carbocycles. The molecule has 1 aliphatic rings. The van der Waals surface area contributed by atoms with Crippen molar-refractivity contribution in [2.75, 3.05) is 25.1 Å². The molecule has 98 valence electrons. The molecule has 0 aliphatic carbocycles. The van der Waals surface area contributed by atoms with Crippen molar-refractivity contribution >= 4 is 12.0 Å². The lowest BCUT2D eigenvalue weighted by atomic mass is 9.95. The van der Waals surface area contributed by atoms with Crippen molar-refractivity contribution in [3.05, 3.63) is 29.6 Å². The van der Waals surface area contributed by atoms with Crippen LogP contribution in [0, 0.1) is 11.7 Å². The van der Waals surface area contributed by atoms with Gasteiger partial charge in [0.05, 0.1) is 11.8 Å². The van der Waals surface area contributed by atoms with E-state index in [9.17, 15) is 9.18 Å². The van der Waals surface area contributed by atoms with E-state index < -0.39 is 0 Å². The number of rotatable bonds is 3. The van der Waals surface area contributed by atoms with E-state index in [0.717, 1.165) is 13.0 Å². The Bertz CT molecular complexity index is 436. The first-order valence-electron chi connectivity index (χ1n) is 6.18. The third-order valence-electron chi connectivity index (χ3n) is 3.64. The molecule has 1 saturated heterocycles. The zero-order valence-corrected chi connectivity index (χ0v) is 10.7. The number of ether oxygens (including phenoxy) is 1. The molecule has 2 rings (SSSR count). The van der Waals surface area contributed by atoms with Crippen LogP contribution >= 0.6 is 0 Å². The fourth-order valence-electron chi connectivity index (χ4n) is 2.41. The lowest BCUT2D eigenvalue weighted by molar-refractivity contribution is 0.0497. The Morgan fingerprint density at radius 3 is 2.89 bits per heavy atom. The molecule has 0 spiro atoms. The summed E-state index contributed by atoms with van der Waals surface area (Å²) in [5.41, 5.74) is 0.916. The van der Waals surface area contributed by atoms with Gasteiger partial charge in [-0.3, -0.25) is 4.79 Å². The van der Waals surface area contributed by atoms with Gasteiger partial charge >= 0.3 is 0 Å². The third kappa shape index (κ3) is 2.53. The van der Waals surface area contributed by atoms with E-state index in [-0.39, 0.29) is 11.9 Å². The highest BCUT2D eigenvalue weighted by Crippen LogP contribution is 2.27. The van der Waals surface area contributed by atoms with Crippen LogP contribution in [0.15, 0.2) is 18.2 Å². The molecular formula is C14H18FNO2. The number of nitrogens with zero attached hydrogens (tertiary/aromatic N) is 1. The van der Waals surface area contributed by atoms with Crippen molar-refractivity contribution in [3.63, 3.8) is 0 Å². The summed E-state index contributed by atoms with van der Waals surface area (Å²) >= 11 is 0. The maximum atomic E-state index is 13.9. The zero-order chi connectivity index (χ0) is 13.1. The number of carbonyl (C=O) groups is 1. The van der Waals surface area contributed by atoms with Crippen molar-refractivity contribution in [1.29, 1.82) is 0 Å². The Kier molecular flexibility index (Phi) is 3.97. The van der Waals surface area contributed by atoms with Gasteiger partial charge in [-0.25, -0.2) is 4.39 Å². The second-order valence-corrected chi connectivity index (χ2v) is 4.81. The van der Waals surface area contributed by atoms with Gasteiger partial charge in [0.1, 0.15) is 12.1 Å². The lowest BCUT2D eigenvalue weighted by Crippen LogP contribution is -2.44. The van der Waals surface area contributed by atoms with Crippen LogP contribution in [0.5, 0.6) is 0 Å². The minimum atomic E-state index is -0.344. The molecule has 4 heteroatoms. The highest BCUT2D eigenvalue weighted by molar-refractivity contribution is 5.76. The van der Waals surface area contributed by atoms with E-state index in [1.54, 1.807) is 19.2 Å². The molecule has 3 nitrogen and oxygen atoms in total. The minimum Gasteiger partial charge on any atom is -0.379 e. The van der Waals surface area contributed by atoms with E-state index in [1.807, 2.05) is 4.90 Å². The Hall–Kier alpha value is -1.42. The molecule has 2 unspecified atom stereocenters. The maximum absolute atomic E-state index is 13.9. The van der Waals surface area contributed by atoms with E-state index >= 15 is 0 Å². The average Bonchev–Trinajstić information content (AvgIpc) is 2.39. The summed E-state index contributed by atoms with van der Waals surface area (Å²) < 4.78 is 19.3. The van der Waals surface area contributed by atoms with Crippen molar-refractivity contribution in [1.82, 2.24) is 0 Å². The monoisotopic (exact) mass is 251 g/mol. The third-order valence-corrected chi connectivity index (χ3v) is 3.64. The van der Waals surface area contributed by atoms with Gasteiger partial charge in [0.25, 0.3) is 0 Å². The second kappa shape index (κ2) is 5.48. The average molecular weight is 251 g/mol. The first kappa shape index (κ1) is 13.0. The van der Waals surface area contributed by atoms with Gasteiger partial charge < -0.3 is 9.64 Å². The van der Waals surface area contributed by atoms with Crippen molar-refractivity contribution < 1.29 is 13.9 Å². The molecule has 1 aliphatic heterocycles. The normalized spacial score (nSPS) is 24.1. The van der Waals surface area contributed by atoms with Gasteiger partial charge in [0.15, 0.2) is 0 Å². The van der Waals surface area contributed by atoms with Crippen LogP contribution in [0.2, 0.25) is 0 Å². The largest absolute Gasteiger partial charge is 0.379 e. The highest BCUT2D eigenvalue weighted by atomic mass is 19.1. The SMILES string of the molecule is COC1CN(c2ccc(C=O)cc2F)CCC1C. The molecule has 0 N–H and O–H groups in total. The summed E-state index contributed by atoms with van der Waals surface area (Å²) in [6, 6.07) is 4.59. The summed E-state index contributed by atoms with van der Waals surface area (Å²) in [5.74, 6) is 0.146. The molecule has 0 bridgehead atoms. The molecule has 0 saturated carbocycles. The molecular weight excluding hydrogens is 233 g/mol. The number of halogens is 1. The van der Waals surface area contributed by atoms with Crippen LogP contribution in [0.25, 0.3) is 0 Å². The zero-order valence-electron chi connectivity index (χ0n) is 10.7. The smallest absolute Gasteiger partial charge is 0.150 e. The van der Waals surface area contributed by atoms with E-state index in [0.29, 0.717) is 30.0 Å². The van der Waals surface area contributed by atoms with E-state index in [2.05, 4.69) is 6.92 Å². The predicted octanol–water partition coefficient (Wildman–Crippen LogP) is 2.50. The second-order valence-electron chi connectivity index (χ2n) is 4.81. The molecule has 1 aromatic rings. The topological polar surface area (TPSA) is 29.5 Å². The van der Waals surface area contributed by atoms with Crippen molar-refractivity contribution in [2.24, 2.45) is 5.92 Å². The summed E-state index contributed by atoms with van der Waals surface area (Å²) in [7, 11) is 1.69. The summed E-state index contributed by atoms with van der Waals surface area (Å²) in [6.07, 6.45) is 1.76. The predicted molar refractivity (Wildman–Crippen MR) is 68.6 cm³/mol. The van der Waals surface area contributed by atoms with Gasteiger partial charge in [-0.1, -0.05) is 6.92 Å². The molecule has 0 radical (unpaired) electrons. The Balaban J connectivity index is 2.19. The quantitative estimate of drug-likeness (QED) is 0.773. The van der Waals surface area contributed by atoms with E-state index in [1.165, 1.54) is 6.07 Å². The number of anilines is 1. The Morgan fingerprint density at radius 1 is 1.50 bits per heavy atom.